The summed E-state index contributed by atoms with van der Waals surface area (Å²) in [6.45, 7) is 5.76. The van der Waals surface area contributed by atoms with E-state index in [-0.39, 0.29) is 11.9 Å². The Morgan fingerprint density at radius 1 is 1.00 bits per heavy atom. The van der Waals surface area contributed by atoms with Gasteiger partial charge in [0.15, 0.2) is 0 Å². The summed E-state index contributed by atoms with van der Waals surface area (Å²) in [5.74, 6) is -0.0342. The highest BCUT2D eigenvalue weighted by molar-refractivity contribution is 6.02. The van der Waals surface area contributed by atoms with Crippen LogP contribution in [0, 0.1) is 0 Å². The Bertz CT molecular complexity index is 839. The molecule has 0 fully saturated rings. The number of carbonyl (C=O) groups is 1. The van der Waals surface area contributed by atoms with Crippen molar-refractivity contribution in [2.75, 3.05) is 18.4 Å². The fourth-order valence-electron chi connectivity index (χ4n) is 3.16. The Kier molecular flexibility index (Phi) is 5.41. The first-order valence-electron chi connectivity index (χ1n) is 8.68. The van der Waals surface area contributed by atoms with Gasteiger partial charge in [0.2, 0.25) is 5.91 Å². The summed E-state index contributed by atoms with van der Waals surface area (Å²) < 4.78 is 0. The lowest BCUT2D eigenvalue weighted by molar-refractivity contribution is -0.121. The number of anilines is 1. The molecule has 1 amide bonds. The number of aromatic nitrogens is 1. The number of benzene rings is 2. The van der Waals surface area contributed by atoms with Crippen molar-refractivity contribution < 1.29 is 4.79 Å². The molecule has 3 aromatic rings. The largest absolute Gasteiger partial charge is 0.323 e. The molecule has 0 radical (unpaired) electrons. The summed E-state index contributed by atoms with van der Waals surface area (Å²) in [5.41, 5.74) is 2.55. The second-order valence-corrected chi connectivity index (χ2v) is 5.90. The van der Waals surface area contributed by atoms with E-state index in [2.05, 4.69) is 29.0 Å². The number of nitrogens with zero attached hydrogens (tertiary/aromatic N) is 2. The molecule has 1 aromatic heterocycles. The zero-order valence-electron chi connectivity index (χ0n) is 14.6. The van der Waals surface area contributed by atoms with E-state index in [9.17, 15) is 4.79 Å². The van der Waals surface area contributed by atoms with Gasteiger partial charge in [-0.05, 0) is 30.8 Å². The van der Waals surface area contributed by atoms with Crippen LogP contribution in [0.5, 0.6) is 0 Å². The fraction of sp³-hybridized carbons (Fsp3) is 0.238. The van der Waals surface area contributed by atoms with Gasteiger partial charge in [-0.3, -0.25) is 14.7 Å². The first-order valence-corrected chi connectivity index (χ1v) is 8.68. The monoisotopic (exact) mass is 333 g/mol. The van der Waals surface area contributed by atoms with Gasteiger partial charge in [-0.15, -0.1) is 0 Å². The topological polar surface area (TPSA) is 45.2 Å². The van der Waals surface area contributed by atoms with Crippen LogP contribution in [0.3, 0.4) is 0 Å². The van der Waals surface area contributed by atoms with Gasteiger partial charge in [0.1, 0.15) is 6.04 Å². The average Bonchev–Trinajstić information content (AvgIpc) is 2.67. The summed E-state index contributed by atoms with van der Waals surface area (Å²) in [6.07, 6.45) is 1.75. The van der Waals surface area contributed by atoms with E-state index in [1.807, 2.05) is 60.7 Å². The van der Waals surface area contributed by atoms with Crippen molar-refractivity contribution in [1.29, 1.82) is 0 Å². The maximum Gasteiger partial charge on any atom is 0.246 e. The third-order valence-electron chi connectivity index (χ3n) is 4.43. The highest BCUT2D eigenvalue weighted by atomic mass is 16.2. The highest BCUT2D eigenvalue weighted by Crippen LogP contribution is 2.25. The first kappa shape index (κ1) is 17.1. The number of rotatable bonds is 6. The number of hydrogen-bond donors (Lipinski definition) is 1. The molecule has 4 heteroatoms. The molecule has 0 aliphatic rings. The summed E-state index contributed by atoms with van der Waals surface area (Å²) in [4.78, 5) is 19.7. The number of para-hydroxylation sites is 1. The molecule has 0 aliphatic heterocycles. The molecule has 25 heavy (non-hydrogen) atoms. The van der Waals surface area contributed by atoms with Crippen LogP contribution in [0.4, 0.5) is 5.69 Å². The second kappa shape index (κ2) is 7.90. The molecule has 1 heterocycles. The SMILES string of the molecule is CCN(CC)[C@H](C(=O)Nc1cccc2cccnc12)c1ccccc1. The number of fused-ring (bicyclic) bond motifs is 1. The highest BCUT2D eigenvalue weighted by Gasteiger charge is 2.26. The molecule has 4 nitrogen and oxygen atoms in total. The molecule has 1 atom stereocenters. The molecule has 128 valence electrons. The smallest absolute Gasteiger partial charge is 0.246 e. The molecule has 3 rings (SSSR count). The zero-order valence-corrected chi connectivity index (χ0v) is 14.6. The van der Waals surface area contributed by atoms with Gasteiger partial charge >= 0.3 is 0 Å². The Labute approximate surface area is 148 Å². The molecule has 0 saturated heterocycles. The van der Waals surface area contributed by atoms with Crippen molar-refractivity contribution in [3.63, 3.8) is 0 Å². The first-order chi connectivity index (χ1) is 12.2. The quantitative estimate of drug-likeness (QED) is 0.733. The van der Waals surface area contributed by atoms with Crippen molar-refractivity contribution >= 4 is 22.5 Å². The number of amides is 1. The van der Waals surface area contributed by atoms with E-state index in [0.717, 1.165) is 35.2 Å². The molecular formula is C21H23N3O. The number of nitrogens with one attached hydrogen (secondary N) is 1. The lowest BCUT2D eigenvalue weighted by Crippen LogP contribution is -2.37. The van der Waals surface area contributed by atoms with Crippen LogP contribution in [-0.4, -0.2) is 28.9 Å². The van der Waals surface area contributed by atoms with Gasteiger partial charge < -0.3 is 5.32 Å². The third-order valence-corrected chi connectivity index (χ3v) is 4.43. The number of hydrogen-bond acceptors (Lipinski definition) is 3. The Hall–Kier alpha value is -2.72. The minimum absolute atomic E-state index is 0.0342. The molecule has 0 aliphatic carbocycles. The van der Waals surface area contributed by atoms with Crippen LogP contribution in [-0.2, 0) is 4.79 Å². The minimum atomic E-state index is -0.324. The molecule has 2 aromatic carbocycles. The lowest BCUT2D eigenvalue weighted by Gasteiger charge is -2.29. The predicted octanol–water partition coefficient (Wildman–Crippen LogP) is 4.26. The van der Waals surface area contributed by atoms with E-state index in [1.54, 1.807) is 6.20 Å². The summed E-state index contributed by atoms with van der Waals surface area (Å²) >= 11 is 0. The predicted molar refractivity (Wildman–Crippen MR) is 102 cm³/mol. The normalized spacial score (nSPS) is 12.3. The van der Waals surface area contributed by atoms with E-state index in [0.29, 0.717) is 0 Å². The molecule has 0 bridgehead atoms. The standard InChI is InChI=1S/C21H23N3O/c1-3-24(4-2)20(17-10-6-5-7-11-17)21(25)23-18-14-8-12-16-13-9-15-22-19(16)18/h5-15,20H,3-4H2,1-2H3,(H,23,25)/t20-/m0/s1. The van der Waals surface area contributed by atoms with Crippen molar-refractivity contribution in [2.24, 2.45) is 0 Å². The maximum absolute atomic E-state index is 13.1. The molecule has 1 N–H and O–H groups in total. The third kappa shape index (κ3) is 3.69. The molecule has 0 saturated carbocycles. The van der Waals surface area contributed by atoms with Gasteiger partial charge in [-0.1, -0.05) is 62.4 Å². The van der Waals surface area contributed by atoms with E-state index in [1.165, 1.54) is 0 Å². The van der Waals surface area contributed by atoms with Crippen LogP contribution < -0.4 is 5.32 Å². The summed E-state index contributed by atoms with van der Waals surface area (Å²) in [5, 5.41) is 4.10. The van der Waals surface area contributed by atoms with Crippen LogP contribution in [0.1, 0.15) is 25.5 Å². The lowest BCUT2D eigenvalue weighted by atomic mass is 10.0. The summed E-state index contributed by atoms with van der Waals surface area (Å²) in [6, 6.07) is 19.3. The van der Waals surface area contributed by atoms with Gasteiger partial charge in [0.25, 0.3) is 0 Å². The minimum Gasteiger partial charge on any atom is -0.323 e. The van der Waals surface area contributed by atoms with Crippen molar-refractivity contribution in [2.45, 2.75) is 19.9 Å². The van der Waals surface area contributed by atoms with Gasteiger partial charge in [0, 0.05) is 11.6 Å². The van der Waals surface area contributed by atoms with E-state index in [4.69, 9.17) is 0 Å². The molecule has 0 unspecified atom stereocenters. The molecular weight excluding hydrogens is 310 g/mol. The Morgan fingerprint density at radius 3 is 2.44 bits per heavy atom. The van der Waals surface area contributed by atoms with Crippen LogP contribution in [0.2, 0.25) is 0 Å². The number of pyridine rings is 1. The average molecular weight is 333 g/mol. The summed E-state index contributed by atoms with van der Waals surface area (Å²) in [7, 11) is 0. The Morgan fingerprint density at radius 2 is 1.72 bits per heavy atom. The Balaban J connectivity index is 1.95. The van der Waals surface area contributed by atoms with Crippen LogP contribution >= 0.6 is 0 Å². The van der Waals surface area contributed by atoms with Crippen molar-refractivity contribution in [3.8, 4) is 0 Å². The van der Waals surface area contributed by atoms with Crippen LogP contribution in [0.25, 0.3) is 10.9 Å². The number of carbonyl (C=O) groups excluding carboxylic acids is 1. The second-order valence-electron chi connectivity index (χ2n) is 5.90. The fourth-order valence-corrected chi connectivity index (χ4v) is 3.16. The zero-order chi connectivity index (χ0) is 17.6. The van der Waals surface area contributed by atoms with Crippen molar-refractivity contribution in [3.05, 3.63) is 72.4 Å². The molecule has 0 spiro atoms. The number of likely N-dealkylation sites (N-methyl/N-ethyl adjacent to an activating group) is 1. The van der Waals surface area contributed by atoms with Gasteiger partial charge in [0.05, 0.1) is 11.2 Å². The van der Waals surface area contributed by atoms with E-state index < -0.39 is 0 Å². The van der Waals surface area contributed by atoms with Crippen LogP contribution in [0.15, 0.2) is 66.9 Å². The van der Waals surface area contributed by atoms with Crippen molar-refractivity contribution in [1.82, 2.24) is 9.88 Å². The van der Waals surface area contributed by atoms with E-state index >= 15 is 0 Å². The maximum atomic E-state index is 13.1. The van der Waals surface area contributed by atoms with Gasteiger partial charge in [-0.25, -0.2) is 0 Å². The van der Waals surface area contributed by atoms with Gasteiger partial charge in [-0.2, -0.15) is 0 Å².